The highest BCUT2D eigenvalue weighted by Crippen LogP contribution is 2.11. The fourth-order valence-electron chi connectivity index (χ4n) is 2.40. The summed E-state index contributed by atoms with van der Waals surface area (Å²) in [5.41, 5.74) is 0. The van der Waals surface area contributed by atoms with Gasteiger partial charge in [0, 0.05) is 18.9 Å². The van der Waals surface area contributed by atoms with Crippen LogP contribution in [0.4, 0.5) is 0 Å². The van der Waals surface area contributed by atoms with Gasteiger partial charge in [-0.05, 0) is 6.42 Å². The minimum absolute atomic E-state index is 0.552. The number of hydrogen-bond donors (Lipinski definition) is 0. The number of aromatic nitrogens is 2. The summed E-state index contributed by atoms with van der Waals surface area (Å²) in [6.45, 7) is 3.18. The zero-order valence-corrected chi connectivity index (χ0v) is 12.3. The fourth-order valence-corrected chi connectivity index (χ4v) is 2.40. The number of rotatable bonds is 12. The van der Waals surface area contributed by atoms with Crippen LogP contribution in [0.2, 0.25) is 0 Å². The van der Waals surface area contributed by atoms with Gasteiger partial charge in [0.1, 0.15) is 0 Å². The molecule has 0 atom stereocenters. The van der Waals surface area contributed by atoms with Crippen molar-refractivity contribution in [1.82, 2.24) is 9.55 Å². The SMILES string of the molecule is CCCCCCCCCCCCn1ccnc1C=O. The number of aldehydes is 1. The Morgan fingerprint density at radius 3 is 2.16 bits per heavy atom. The summed E-state index contributed by atoms with van der Waals surface area (Å²) in [6, 6.07) is 0. The van der Waals surface area contributed by atoms with Gasteiger partial charge < -0.3 is 4.57 Å². The zero-order valence-electron chi connectivity index (χ0n) is 12.3. The first-order valence-electron chi connectivity index (χ1n) is 7.84. The van der Waals surface area contributed by atoms with E-state index < -0.39 is 0 Å². The Hall–Kier alpha value is -1.12. The van der Waals surface area contributed by atoms with E-state index >= 15 is 0 Å². The minimum atomic E-state index is 0.552. The molecule has 0 spiro atoms. The van der Waals surface area contributed by atoms with Crippen LogP contribution in [0.25, 0.3) is 0 Å². The molecule has 0 saturated carbocycles. The molecule has 1 aromatic heterocycles. The molecular weight excluding hydrogens is 236 g/mol. The molecule has 3 heteroatoms. The van der Waals surface area contributed by atoms with Crippen molar-refractivity contribution >= 4 is 6.29 Å². The van der Waals surface area contributed by atoms with Gasteiger partial charge in [0.15, 0.2) is 12.1 Å². The Balaban J connectivity index is 1.90. The molecule has 108 valence electrons. The van der Waals surface area contributed by atoms with Gasteiger partial charge in [0.2, 0.25) is 0 Å². The maximum absolute atomic E-state index is 10.7. The summed E-state index contributed by atoms with van der Waals surface area (Å²) in [7, 11) is 0. The number of aryl methyl sites for hydroxylation is 1. The molecule has 0 aliphatic carbocycles. The summed E-state index contributed by atoms with van der Waals surface area (Å²) < 4.78 is 1.94. The molecular formula is C16H28N2O. The molecule has 3 nitrogen and oxygen atoms in total. The van der Waals surface area contributed by atoms with E-state index in [-0.39, 0.29) is 0 Å². The highest BCUT2D eigenvalue weighted by molar-refractivity contribution is 5.69. The van der Waals surface area contributed by atoms with Gasteiger partial charge >= 0.3 is 0 Å². The first-order chi connectivity index (χ1) is 9.38. The molecule has 0 fully saturated rings. The van der Waals surface area contributed by atoms with E-state index in [0.29, 0.717) is 5.82 Å². The number of nitrogens with zero attached hydrogens (tertiary/aromatic N) is 2. The molecule has 0 aromatic carbocycles. The van der Waals surface area contributed by atoms with E-state index in [1.165, 1.54) is 57.8 Å². The molecule has 1 heterocycles. The Morgan fingerprint density at radius 2 is 1.58 bits per heavy atom. The molecule has 0 saturated heterocycles. The van der Waals surface area contributed by atoms with Crippen LogP contribution in [0.1, 0.15) is 81.8 Å². The van der Waals surface area contributed by atoms with Crippen molar-refractivity contribution in [3.63, 3.8) is 0 Å². The minimum Gasteiger partial charge on any atom is -0.329 e. The van der Waals surface area contributed by atoms with Crippen LogP contribution in [0.5, 0.6) is 0 Å². The lowest BCUT2D eigenvalue weighted by atomic mass is 10.1. The van der Waals surface area contributed by atoms with Gasteiger partial charge in [0.05, 0.1) is 0 Å². The molecule has 1 rings (SSSR count). The van der Waals surface area contributed by atoms with Gasteiger partial charge in [-0.25, -0.2) is 4.98 Å². The Bertz CT molecular complexity index is 333. The van der Waals surface area contributed by atoms with Gasteiger partial charge in [-0.15, -0.1) is 0 Å². The third kappa shape index (κ3) is 7.14. The molecule has 0 radical (unpaired) electrons. The first-order valence-corrected chi connectivity index (χ1v) is 7.84. The van der Waals surface area contributed by atoms with E-state index in [1.807, 2.05) is 10.8 Å². The van der Waals surface area contributed by atoms with Crippen LogP contribution in [0.3, 0.4) is 0 Å². The summed E-state index contributed by atoms with van der Waals surface area (Å²) >= 11 is 0. The van der Waals surface area contributed by atoms with Crippen molar-refractivity contribution in [2.75, 3.05) is 0 Å². The second-order valence-electron chi connectivity index (χ2n) is 5.28. The highest BCUT2D eigenvalue weighted by Gasteiger charge is 1.99. The summed E-state index contributed by atoms with van der Waals surface area (Å²) in [5, 5.41) is 0. The van der Waals surface area contributed by atoms with E-state index in [2.05, 4.69) is 11.9 Å². The maximum Gasteiger partial charge on any atom is 0.185 e. The molecule has 0 N–H and O–H groups in total. The predicted octanol–water partition coefficient (Wildman–Crippen LogP) is 4.62. The van der Waals surface area contributed by atoms with Crippen molar-refractivity contribution in [2.24, 2.45) is 0 Å². The first kappa shape index (κ1) is 15.9. The van der Waals surface area contributed by atoms with Crippen molar-refractivity contribution in [1.29, 1.82) is 0 Å². The van der Waals surface area contributed by atoms with E-state index in [1.54, 1.807) is 6.20 Å². The Labute approximate surface area is 117 Å². The van der Waals surface area contributed by atoms with E-state index in [4.69, 9.17) is 0 Å². The van der Waals surface area contributed by atoms with Crippen molar-refractivity contribution in [3.8, 4) is 0 Å². The standard InChI is InChI=1S/C16H28N2O/c1-2-3-4-5-6-7-8-9-10-11-13-18-14-12-17-16(18)15-19/h12,14-15H,2-11,13H2,1H3. The van der Waals surface area contributed by atoms with E-state index in [0.717, 1.165) is 19.3 Å². The van der Waals surface area contributed by atoms with Crippen molar-refractivity contribution in [3.05, 3.63) is 18.2 Å². The lowest BCUT2D eigenvalue weighted by molar-refractivity contribution is 0.111. The van der Waals surface area contributed by atoms with Gasteiger partial charge in [-0.1, -0.05) is 64.7 Å². The Morgan fingerprint density at radius 1 is 1.00 bits per heavy atom. The number of unbranched alkanes of at least 4 members (excludes halogenated alkanes) is 9. The molecule has 0 amide bonds. The molecule has 0 aliphatic heterocycles. The quantitative estimate of drug-likeness (QED) is 0.408. The molecule has 0 aliphatic rings. The highest BCUT2D eigenvalue weighted by atomic mass is 16.1. The predicted molar refractivity (Wildman–Crippen MR) is 79.5 cm³/mol. The molecule has 19 heavy (non-hydrogen) atoms. The third-order valence-corrected chi connectivity index (χ3v) is 3.61. The summed E-state index contributed by atoms with van der Waals surface area (Å²) in [6.07, 6.45) is 17.8. The second-order valence-corrected chi connectivity index (χ2v) is 5.28. The Kier molecular flexibility index (Phi) is 9.03. The monoisotopic (exact) mass is 264 g/mol. The maximum atomic E-state index is 10.7. The molecule has 0 bridgehead atoms. The number of imidazole rings is 1. The molecule has 1 aromatic rings. The summed E-state index contributed by atoms with van der Waals surface area (Å²) in [4.78, 5) is 14.7. The van der Waals surface area contributed by atoms with E-state index in [9.17, 15) is 4.79 Å². The topological polar surface area (TPSA) is 34.9 Å². The number of carbonyl (C=O) groups excluding carboxylic acids is 1. The summed E-state index contributed by atoms with van der Waals surface area (Å²) in [5.74, 6) is 0.552. The lowest BCUT2D eigenvalue weighted by Crippen LogP contribution is -2.01. The third-order valence-electron chi connectivity index (χ3n) is 3.61. The van der Waals surface area contributed by atoms with Crippen LogP contribution in [0, 0.1) is 0 Å². The largest absolute Gasteiger partial charge is 0.329 e. The van der Waals surface area contributed by atoms with Crippen molar-refractivity contribution in [2.45, 2.75) is 77.7 Å². The average Bonchev–Trinajstić information content (AvgIpc) is 2.88. The number of hydrogen-bond acceptors (Lipinski definition) is 2. The van der Waals surface area contributed by atoms with Gasteiger partial charge in [0.25, 0.3) is 0 Å². The average molecular weight is 264 g/mol. The van der Waals surface area contributed by atoms with Gasteiger partial charge in [-0.3, -0.25) is 4.79 Å². The van der Waals surface area contributed by atoms with Crippen LogP contribution in [-0.4, -0.2) is 15.8 Å². The van der Waals surface area contributed by atoms with Crippen LogP contribution in [-0.2, 0) is 6.54 Å². The van der Waals surface area contributed by atoms with Crippen LogP contribution in [0.15, 0.2) is 12.4 Å². The lowest BCUT2D eigenvalue weighted by Gasteiger charge is -2.04. The fraction of sp³-hybridized carbons (Fsp3) is 0.750. The smallest absolute Gasteiger partial charge is 0.185 e. The normalized spacial score (nSPS) is 10.8. The second kappa shape index (κ2) is 10.8. The zero-order chi connectivity index (χ0) is 13.8. The van der Waals surface area contributed by atoms with Crippen LogP contribution >= 0.6 is 0 Å². The van der Waals surface area contributed by atoms with Gasteiger partial charge in [-0.2, -0.15) is 0 Å². The number of carbonyl (C=O) groups is 1. The molecule has 0 unspecified atom stereocenters. The van der Waals surface area contributed by atoms with Crippen LogP contribution < -0.4 is 0 Å². The van der Waals surface area contributed by atoms with Crippen molar-refractivity contribution < 1.29 is 4.79 Å².